The number of nitrogens with two attached hydrogens (primary N) is 2. The van der Waals surface area contributed by atoms with Crippen LogP contribution in [0.1, 0.15) is 51.4 Å². The van der Waals surface area contributed by atoms with Crippen molar-refractivity contribution in [3.05, 3.63) is 53.6 Å². The second-order valence-corrected chi connectivity index (χ2v) is 6.25. The van der Waals surface area contributed by atoms with Crippen LogP contribution in [-0.4, -0.2) is 21.9 Å². The highest BCUT2D eigenvalue weighted by Crippen LogP contribution is 2.17. The summed E-state index contributed by atoms with van der Waals surface area (Å²) in [6.45, 7) is 9.67. The number of aromatic nitrogens is 2. The Morgan fingerprint density at radius 1 is 1.19 bits per heavy atom. The summed E-state index contributed by atoms with van der Waals surface area (Å²) < 4.78 is 5.50. The van der Waals surface area contributed by atoms with Crippen molar-refractivity contribution in [1.29, 1.82) is 0 Å². The maximum absolute atomic E-state index is 12.6. The van der Waals surface area contributed by atoms with Crippen LogP contribution in [0, 0.1) is 0 Å². The molecular weight excluding hydrogens is 342 g/mol. The molecule has 0 amide bonds. The van der Waals surface area contributed by atoms with E-state index < -0.39 is 0 Å². The number of anilines is 2. The van der Waals surface area contributed by atoms with E-state index in [1.807, 2.05) is 13.8 Å². The number of carbonyl (C=O) groups excluding carboxylic acids is 1. The summed E-state index contributed by atoms with van der Waals surface area (Å²) in [5, 5.41) is 2.93. The van der Waals surface area contributed by atoms with Gasteiger partial charge in [0.15, 0.2) is 5.82 Å². The molecule has 0 fully saturated rings. The molecule has 0 aliphatic carbocycles. The van der Waals surface area contributed by atoms with Crippen LogP contribution in [0.5, 0.6) is 5.88 Å². The van der Waals surface area contributed by atoms with E-state index in [9.17, 15) is 4.79 Å². The van der Waals surface area contributed by atoms with Crippen molar-refractivity contribution in [3.8, 4) is 5.88 Å². The number of benzene rings is 1. The third-order valence-electron chi connectivity index (χ3n) is 3.02. The molecule has 2 rings (SSSR count). The molecule has 0 saturated carbocycles. The van der Waals surface area contributed by atoms with E-state index in [-0.39, 0.29) is 17.6 Å². The lowest BCUT2D eigenvalue weighted by Gasteiger charge is -2.13. The Morgan fingerprint density at radius 3 is 2.30 bits per heavy atom. The van der Waals surface area contributed by atoms with Gasteiger partial charge in [-0.25, -0.2) is 0 Å². The molecule has 0 aliphatic heterocycles. The van der Waals surface area contributed by atoms with E-state index in [1.165, 1.54) is 18.8 Å². The second kappa shape index (κ2) is 10.8. The molecule has 1 aromatic heterocycles. The number of Topliss-reactive ketones (excluding diaryl/α,β-unsaturated/α-hetero) is 1. The fourth-order valence-electron chi connectivity index (χ4n) is 1.95. The van der Waals surface area contributed by atoms with Gasteiger partial charge in [0, 0.05) is 16.9 Å². The molecule has 1 aromatic carbocycles. The average molecular weight is 371 g/mol. The molecule has 0 aliphatic rings. The van der Waals surface area contributed by atoms with Gasteiger partial charge < -0.3 is 21.5 Å². The average Bonchev–Trinajstić information content (AvgIpc) is 2.60. The topological polar surface area (TPSA) is 116 Å². The summed E-state index contributed by atoms with van der Waals surface area (Å²) in [6.07, 6.45) is 4.22. The first-order valence-corrected chi connectivity index (χ1v) is 8.90. The number of ketones is 1. The number of rotatable bonds is 6. The van der Waals surface area contributed by atoms with Crippen LogP contribution < -0.4 is 21.5 Å². The summed E-state index contributed by atoms with van der Waals surface area (Å²) >= 11 is 0. The Hall–Kier alpha value is -3.09. The summed E-state index contributed by atoms with van der Waals surface area (Å²) in [7, 11) is 0. The predicted octanol–water partition coefficient (Wildman–Crippen LogP) is 3.75. The minimum Gasteiger partial charge on any atom is -0.474 e. The first-order valence-electron chi connectivity index (χ1n) is 8.90. The zero-order valence-corrected chi connectivity index (χ0v) is 16.6. The van der Waals surface area contributed by atoms with E-state index in [0.717, 1.165) is 0 Å². The molecule has 0 radical (unpaired) electrons. The van der Waals surface area contributed by atoms with Crippen LogP contribution in [0.4, 0.5) is 11.5 Å². The standard InChI is InChI=1S/C17H21N5O2.C3H8/c1-10(2)24-15-9-20-8-14(21-15)22-16(11(3)18)17(23)12-4-6-13(19)7-5-12;1-3-2/h4-10H,18-19H2,1-3H3,(H,21,22);3H2,1-2H3/b16-11+;. The van der Waals surface area contributed by atoms with E-state index >= 15 is 0 Å². The number of ether oxygens (including phenoxy) is 1. The number of hydrogen-bond donors (Lipinski definition) is 3. The minimum absolute atomic E-state index is 0.0304. The molecule has 5 N–H and O–H groups in total. The third-order valence-corrected chi connectivity index (χ3v) is 3.02. The molecule has 0 spiro atoms. The monoisotopic (exact) mass is 371 g/mol. The van der Waals surface area contributed by atoms with Crippen molar-refractivity contribution in [2.24, 2.45) is 5.73 Å². The van der Waals surface area contributed by atoms with Crippen molar-refractivity contribution in [3.63, 3.8) is 0 Å². The maximum Gasteiger partial charge on any atom is 0.234 e. The van der Waals surface area contributed by atoms with Crippen LogP contribution in [0.15, 0.2) is 48.1 Å². The van der Waals surface area contributed by atoms with Crippen LogP contribution in [-0.2, 0) is 0 Å². The van der Waals surface area contributed by atoms with Crippen molar-refractivity contribution < 1.29 is 9.53 Å². The fourth-order valence-corrected chi connectivity index (χ4v) is 1.95. The molecule has 0 bridgehead atoms. The molecule has 7 heteroatoms. The zero-order chi connectivity index (χ0) is 20.4. The Kier molecular flexibility index (Phi) is 8.78. The lowest BCUT2D eigenvalue weighted by molar-refractivity contribution is 0.103. The van der Waals surface area contributed by atoms with Crippen molar-refractivity contribution in [2.75, 3.05) is 11.1 Å². The SMILES string of the molecule is C/C(N)=C(\Nc1cncc(OC(C)C)n1)C(=O)c1ccc(N)cc1.CCC. The summed E-state index contributed by atoms with van der Waals surface area (Å²) in [4.78, 5) is 21.0. The second-order valence-electron chi connectivity index (χ2n) is 6.25. The van der Waals surface area contributed by atoms with Crippen molar-refractivity contribution in [1.82, 2.24) is 9.97 Å². The Balaban J connectivity index is 0.00000114. The molecule has 0 atom stereocenters. The van der Waals surface area contributed by atoms with E-state index in [2.05, 4.69) is 29.1 Å². The van der Waals surface area contributed by atoms with Gasteiger partial charge in [0.1, 0.15) is 5.70 Å². The number of nitrogens with one attached hydrogen (secondary N) is 1. The summed E-state index contributed by atoms with van der Waals surface area (Å²) in [5.41, 5.74) is 13.1. The number of nitrogen functional groups attached to an aromatic ring is 1. The van der Waals surface area contributed by atoms with Crippen LogP contribution >= 0.6 is 0 Å². The quantitative estimate of drug-likeness (QED) is 0.402. The van der Waals surface area contributed by atoms with Gasteiger partial charge in [-0.3, -0.25) is 9.78 Å². The van der Waals surface area contributed by atoms with Crippen molar-refractivity contribution >= 4 is 17.3 Å². The van der Waals surface area contributed by atoms with E-state index in [0.29, 0.717) is 28.6 Å². The molecule has 0 unspecified atom stereocenters. The van der Waals surface area contributed by atoms with Gasteiger partial charge in [-0.1, -0.05) is 20.3 Å². The lowest BCUT2D eigenvalue weighted by atomic mass is 10.1. The molecule has 27 heavy (non-hydrogen) atoms. The van der Waals surface area contributed by atoms with Gasteiger partial charge in [0.2, 0.25) is 11.7 Å². The fraction of sp³-hybridized carbons (Fsp3) is 0.350. The number of carbonyl (C=O) groups is 1. The summed E-state index contributed by atoms with van der Waals surface area (Å²) in [6, 6.07) is 6.61. The first kappa shape index (κ1) is 22.0. The van der Waals surface area contributed by atoms with Gasteiger partial charge in [-0.2, -0.15) is 4.98 Å². The number of hydrogen-bond acceptors (Lipinski definition) is 7. The Morgan fingerprint density at radius 2 is 1.78 bits per heavy atom. The highest BCUT2D eigenvalue weighted by Gasteiger charge is 2.16. The van der Waals surface area contributed by atoms with Crippen LogP contribution in [0.25, 0.3) is 0 Å². The third kappa shape index (κ3) is 7.35. The van der Waals surface area contributed by atoms with Gasteiger partial charge in [0.05, 0.1) is 18.5 Å². The highest BCUT2D eigenvalue weighted by molar-refractivity contribution is 6.10. The minimum atomic E-state index is -0.257. The van der Waals surface area contributed by atoms with Gasteiger partial charge in [-0.15, -0.1) is 0 Å². The highest BCUT2D eigenvalue weighted by atomic mass is 16.5. The number of allylic oxidation sites excluding steroid dienone is 2. The van der Waals surface area contributed by atoms with Gasteiger partial charge >= 0.3 is 0 Å². The molecule has 7 nitrogen and oxygen atoms in total. The smallest absolute Gasteiger partial charge is 0.234 e. The largest absolute Gasteiger partial charge is 0.474 e. The Bertz CT molecular complexity index is 766. The first-order chi connectivity index (χ1) is 12.8. The van der Waals surface area contributed by atoms with Gasteiger partial charge in [0.25, 0.3) is 0 Å². The molecule has 146 valence electrons. The maximum atomic E-state index is 12.6. The lowest BCUT2D eigenvalue weighted by Crippen LogP contribution is -2.18. The molecule has 2 aromatic rings. The van der Waals surface area contributed by atoms with E-state index in [1.54, 1.807) is 31.2 Å². The van der Waals surface area contributed by atoms with E-state index in [4.69, 9.17) is 16.2 Å². The predicted molar refractivity (Wildman–Crippen MR) is 109 cm³/mol. The molecule has 0 saturated heterocycles. The molecular formula is C20H29N5O2. The van der Waals surface area contributed by atoms with Gasteiger partial charge in [-0.05, 0) is 45.0 Å². The van der Waals surface area contributed by atoms with Crippen LogP contribution in [0.3, 0.4) is 0 Å². The Labute approximate surface area is 160 Å². The van der Waals surface area contributed by atoms with Crippen LogP contribution in [0.2, 0.25) is 0 Å². The zero-order valence-electron chi connectivity index (χ0n) is 16.6. The molecule has 1 heterocycles. The van der Waals surface area contributed by atoms with Crippen molar-refractivity contribution in [2.45, 2.75) is 47.1 Å². The normalized spacial score (nSPS) is 11.2. The number of nitrogens with zero attached hydrogens (tertiary/aromatic N) is 2. The summed E-state index contributed by atoms with van der Waals surface area (Å²) in [5.74, 6) is 0.479.